The van der Waals surface area contributed by atoms with Crippen LogP contribution in [0.4, 0.5) is 0 Å². The Morgan fingerprint density at radius 2 is 2.55 bits per heavy atom. The van der Waals surface area contributed by atoms with Gasteiger partial charge in [-0.25, -0.2) is 4.98 Å². The van der Waals surface area contributed by atoms with E-state index in [1.165, 1.54) is 0 Å². The van der Waals surface area contributed by atoms with Crippen molar-refractivity contribution in [3.8, 4) is 0 Å². The van der Waals surface area contributed by atoms with Gasteiger partial charge in [0.2, 0.25) is 0 Å². The molecule has 0 atom stereocenters. The molecule has 0 amide bonds. The molecule has 0 saturated heterocycles. The Kier molecular flexibility index (Phi) is 4.04. The third kappa shape index (κ3) is 3.31. The molecule has 0 N–H and O–H groups in total. The van der Waals surface area contributed by atoms with Gasteiger partial charge in [-0.3, -0.25) is 0 Å². The Hall–Kier alpha value is 0.0700. The second-order valence-electron chi connectivity index (χ2n) is 2.12. The van der Waals surface area contributed by atoms with Crippen LogP contribution in [0.2, 0.25) is 0 Å². The minimum atomic E-state index is 0.643. The van der Waals surface area contributed by atoms with E-state index in [0.717, 1.165) is 22.6 Å². The lowest BCUT2D eigenvalue weighted by Crippen LogP contribution is -1.95. The minimum absolute atomic E-state index is 0.643. The predicted molar refractivity (Wildman–Crippen MR) is 50.3 cm³/mol. The van der Waals surface area contributed by atoms with Gasteiger partial charge >= 0.3 is 0 Å². The standard InChI is InChI=1S/C7H10BrNOS/c1-6-5-11-7(9-6)4-10-3-2-8/h5H,2-4H2,1H3. The Morgan fingerprint density at radius 1 is 1.73 bits per heavy atom. The number of alkyl halides is 1. The Bertz CT molecular complexity index is 214. The van der Waals surface area contributed by atoms with Gasteiger partial charge in [0.1, 0.15) is 5.01 Å². The first-order valence-corrected chi connectivity index (χ1v) is 5.38. The third-order valence-electron chi connectivity index (χ3n) is 1.11. The summed E-state index contributed by atoms with van der Waals surface area (Å²) in [7, 11) is 0. The molecule has 11 heavy (non-hydrogen) atoms. The third-order valence-corrected chi connectivity index (χ3v) is 2.38. The van der Waals surface area contributed by atoms with Crippen LogP contribution in [-0.2, 0) is 11.3 Å². The second kappa shape index (κ2) is 4.85. The molecule has 4 heteroatoms. The first kappa shape index (κ1) is 9.16. The molecular weight excluding hydrogens is 226 g/mol. The maximum atomic E-state index is 5.28. The lowest BCUT2D eigenvalue weighted by molar-refractivity contribution is 0.137. The fourth-order valence-corrected chi connectivity index (χ4v) is 1.62. The summed E-state index contributed by atoms with van der Waals surface area (Å²) in [5, 5.41) is 3.98. The van der Waals surface area contributed by atoms with E-state index in [1.54, 1.807) is 11.3 Å². The predicted octanol–water partition coefficient (Wildman–Crippen LogP) is 2.36. The number of hydrogen-bond donors (Lipinski definition) is 0. The van der Waals surface area contributed by atoms with Gasteiger partial charge in [0.05, 0.1) is 13.2 Å². The zero-order chi connectivity index (χ0) is 8.10. The number of ether oxygens (including phenoxy) is 1. The summed E-state index contributed by atoms with van der Waals surface area (Å²) in [6.45, 7) is 3.38. The average Bonchev–Trinajstić information content (AvgIpc) is 2.37. The quantitative estimate of drug-likeness (QED) is 0.591. The van der Waals surface area contributed by atoms with Crippen LogP contribution in [0.1, 0.15) is 10.7 Å². The topological polar surface area (TPSA) is 22.1 Å². The summed E-state index contributed by atoms with van der Waals surface area (Å²) >= 11 is 4.93. The highest BCUT2D eigenvalue weighted by atomic mass is 79.9. The summed E-state index contributed by atoms with van der Waals surface area (Å²) in [6, 6.07) is 0. The number of aromatic nitrogens is 1. The molecule has 2 nitrogen and oxygen atoms in total. The monoisotopic (exact) mass is 235 g/mol. The number of rotatable bonds is 4. The van der Waals surface area contributed by atoms with Gasteiger partial charge in [-0.15, -0.1) is 11.3 Å². The summed E-state index contributed by atoms with van der Waals surface area (Å²) in [5.74, 6) is 0. The van der Waals surface area contributed by atoms with Crippen LogP contribution < -0.4 is 0 Å². The molecule has 0 spiro atoms. The number of halogens is 1. The van der Waals surface area contributed by atoms with E-state index in [2.05, 4.69) is 20.9 Å². The second-order valence-corrected chi connectivity index (χ2v) is 3.86. The van der Waals surface area contributed by atoms with Gasteiger partial charge in [0.25, 0.3) is 0 Å². The lowest BCUT2D eigenvalue weighted by Gasteiger charge is -1.96. The van der Waals surface area contributed by atoms with Crippen LogP contribution in [-0.4, -0.2) is 16.9 Å². The van der Waals surface area contributed by atoms with Crippen LogP contribution in [0.3, 0.4) is 0 Å². The van der Waals surface area contributed by atoms with Crippen molar-refractivity contribution in [2.24, 2.45) is 0 Å². The van der Waals surface area contributed by atoms with Crippen molar-refractivity contribution in [1.29, 1.82) is 0 Å². The van der Waals surface area contributed by atoms with Gasteiger partial charge in [-0.2, -0.15) is 0 Å². The van der Waals surface area contributed by atoms with Crippen molar-refractivity contribution in [3.63, 3.8) is 0 Å². The summed E-state index contributed by atoms with van der Waals surface area (Å²) in [4.78, 5) is 4.26. The van der Waals surface area contributed by atoms with Crippen LogP contribution in [0.25, 0.3) is 0 Å². The Balaban J connectivity index is 2.27. The highest BCUT2D eigenvalue weighted by Gasteiger charge is 1.96. The first-order chi connectivity index (χ1) is 5.33. The highest BCUT2D eigenvalue weighted by Crippen LogP contribution is 2.09. The maximum Gasteiger partial charge on any atom is 0.119 e. The van der Waals surface area contributed by atoms with E-state index in [-0.39, 0.29) is 0 Å². The summed E-state index contributed by atoms with van der Waals surface area (Å²) in [5.41, 5.74) is 1.08. The molecule has 0 saturated carbocycles. The largest absolute Gasteiger partial charge is 0.373 e. The molecule has 1 heterocycles. The fourth-order valence-electron chi connectivity index (χ4n) is 0.683. The van der Waals surface area contributed by atoms with E-state index in [4.69, 9.17) is 4.74 Å². The minimum Gasteiger partial charge on any atom is -0.373 e. The molecule has 0 aliphatic heterocycles. The van der Waals surface area contributed by atoms with E-state index in [1.807, 2.05) is 12.3 Å². The van der Waals surface area contributed by atoms with Gasteiger partial charge < -0.3 is 4.74 Å². The zero-order valence-electron chi connectivity index (χ0n) is 6.34. The molecular formula is C7H10BrNOS. The molecule has 0 aromatic carbocycles. The molecule has 0 radical (unpaired) electrons. The number of aryl methyl sites for hydroxylation is 1. The van der Waals surface area contributed by atoms with Crippen LogP contribution in [0, 0.1) is 6.92 Å². The molecule has 1 aromatic heterocycles. The Morgan fingerprint density at radius 3 is 3.09 bits per heavy atom. The molecule has 1 aromatic rings. The maximum absolute atomic E-state index is 5.28. The fraction of sp³-hybridized carbons (Fsp3) is 0.571. The van der Waals surface area contributed by atoms with Gasteiger partial charge in [0.15, 0.2) is 0 Å². The van der Waals surface area contributed by atoms with Crippen molar-refractivity contribution >= 4 is 27.3 Å². The van der Waals surface area contributed by atoms with Crippen molar-refractivity contribution in [1.82, 2.24) is 4.98 Å². The normalized spacial score (nSPS) is 10.4. The van der Waals surface area contributed by atoms with E-state index < -0.39 is 0 Å². The van der Waals surface area contributed by atoms with E-state index >= 15 is 0 Å². The van der Waals surface area contributed by atoms with Crippen molar-refractivity contribution in [3.05, 3.63) is 16.1 Å². The van der Waals surface area contributed by atoms with Crippen LogP contribution in [0.5, 0.6) is 0 Å². The smallest absolute Gasteiger partial charge is 0.119 e. The Labute approximate surface area is 78.7 Å². The van der Waals surface area contributed by atoms with Crippen molar-refractivity contribution in [2.75, 3.05) is 11.9 Å². The van der Waals surface area contributed by atoms with Gasteiger partial charge in [-0.1, -0.05) is 15.9 Å². The SMILES string of the molecule is Cc1csc(COCCBr)n1. The molecule has 0 fully saturated rings. The van der Waals surface area contributed by atoms with Gasteiger partial charge in [0, 0.05) is 16.4 Å². The molecule has 62 valence electrons. The summed E-state index contributed by atoms with van der Waals surface area (Å²) in [6.07, 6.45) is 0. The molecule has 0 aliphatic rings. The lowest BCUT2D eigenvalue weighted by atomic mass is 10.6. The molecule has 1 rings (SSSR count). The highest BCUT2D eigenvalue weighted by molar-refractivity contribution is 9.09. The van der Waals surface area contributed by atoms with E-state index in [0.29, 0.717) is 6.61 Å². The average molecular weight is 236 g/mol. The molecule has 0 bridgehead atoms. The number of thiazole rings is 1. The number of nitrogens with zero attached hydrogens (tertiary/aromatic N) is 1. The van der Waals surface area contributed by atoms with Crippen LogP contribution >= 0.6 is 27.3 Å². The molecule has 0 unspecified atom stereocenters. The zero-order valence-corrected chi connectivity index (χ0v) is 8.74. The van der Waals surface area contributed by atoms with E-state index in [9.17, 15) is 0 Å². The van der Waals surface area contributed by atoms with Crippen molar-refractivity contribution < 1.29 is 4.74 Å². The van der Waals surface area contributed by atoms with Crippen LogP contribution in [0.15, 0.2) is 5.38 Å². The van der Waals surface area contributed by atoms with Crippen molar-refractivity contribution in [2.45, 2.75) is 13.5 Å². The summed E-state index contributed by atoms with van der Waals surface area (Å²) < 4.78 is 5.28. The first-order valence-electron chi connectivity index (χ1n) is 3.37. The molecule has 0 aliphatic carbocycles. The number of hydrogen-bond acceptors (Lipinski definition) is 3. The van der Waals surface area contributed by atoms with Gasteiger partial charge in [-0.05, 0) is 6.92 Å².